The number of piperazine rings is 1. The molecule has 4 rings (SSSR count). The van der Waals surface area contributed by atoms with Gasteiger partial charge < -0.3 is 14.7 Å². The van der Waals surface area contributed by atoms with Gasteiger partial charge in [-0.25, -0.2) is 4.39 Å². The number of rotatable bonds is 5. The summed E-state index contributed by atoms with van der Waals surface area (Å²) >= 11 is 0. The van der Waals surface area contributed by atoms with Gasteiger partial charge in [-0.1, -0.05) is 30.1 Å². The third kappa shape index (κ3) is 4.23. The number of amides is 2. The van der Waals surface area contributed by atoms with Crippen LogP contribution >= 0.6 is 0 Å². The van der Waals surface area contributed by atoms with Gasteiger partial charge in [-0.2, -0.15) is 0 Å². The highest BCUT2D eigenvalue weighted by molar-refractivity contribution is 5.91. The highest BCUT2D eigenvalue weighted by atomic mass is 19.1. The van der Waals surface area contributed by atoms with Gasteiger partial charge in [0.1, 0.15) is 11.6 Å². The Morgan fingerprint density at radius 2 is 1.80 bits per heavy atom. The predicted octanol–water partition coefficient (Wildman–Crippen LogP) is 2.72. The average Bonchev–Trinajstić information content (AvgIpc) is 3.38. The molecule has 8 heteroatoms. The van der Waals surface area contributed by atoms with E-state index in [1.165, 1.54) is 12.1 Å². The molecule has 1 N–H and O–H groups in total. The van der Waals surface area contributed by atoms with Crippen molar-refractivity contribution in [2.24, 2.45) is 0 Å². The standard InChI is InChI=1S/C22H27FN4O3/c1-16-14-19(25-30-16)24-20(28)15-26-10-12-27(13-11-26)21(29)22(8-2-3-9-22)17-4-6-18(23)7-5-17/h4-7,14H,2-3,8-13,15H2,1H3,(H,24,25,28). The number of carbonyl (C=O) groups excluding carboxylic acids is 2. The summed E-state index contributed by atoms with van der Waals surface area (Å²) in [6.45, 7) is 4.45. The summed E-state index contributed by atoms with van der Waals surface area (Å²) in [5.41, 5.74) is 0.369. The summed E-state index contributed by atoms with van der Waals surface area (Å²) in [5.74, 6) is 0.746. The van der Waals surface area contributed by atoms with Crippen molar-refractivity contribution in [2.75, 3.05) is 38.0 Å². The van der Waals surface area contributed by atoms with E-state index in [2.05, 4.69) is 10.5 Å². The Hall–Kier alpha value is -2.74. The van der Waals surface area contributed by atoms with Crippen molar-refractivity contribution in [1.82, 2.24) is 15.0 Å². The molecule has 0 atom stereocenters. The van der Waals surface area contributed by atoms with E-state index in [0.29, 0.717) is 37.8 Å². The van der Waals surface area contributed by atoms with Crippen LogP contribution in [0.4, 0.5) is 10.2 Å². The van der Waals surface area contributed by atoms with E-state index in [9.17, 15) is 14.0 Å². The van der Waals surface area contributed by atoms with Gasteiger partial charge in [-0.15, -0.1) is 0 Å². The van der Waals surface area contributed by atoms with Gasteiger partial charge in [0, 0.05) is 32.2 Å². The van der Waals surface area contributed by atoms with Crippen LogP contribution in [0, 0.1) is 12.7 Å². The fourth-order valence-corrected chi connectivity index (χ4v) is 4.60. The van der Waals surface area contributed by atoms with E-state index in [1.807, 2.05) is 9.80 Å². The van der Waals surface area contributed by atoms with Crippen molar-refractivity contribution in [1.29, 1.82) is 0 Å². The molecule has 0 spiro atoms. The number of anilines is 1. The third-order valence-electron chi connectivity index (χ3n) is 6.19. The van der Waals surface area contributed by atoms with Crippen molar-refractivity contribution in [3.8, 4) is 0 Å². The van der Waals surface area contributed by atoms with E-state index in [-0.39, 0.29) is 24.2 Å². The molecule has 1 aromatic carbocycles. The fourth-order valence-electron chi connectivity index (χ4n) is 4.60. The number of benzene rings is 1. The first-order chi connectivity index (χ1) is 14.5. The molecule has 1 saturated heterocycles. The van der Waals surface area contributed by atoms with Crippen LogP contribution in [0.5, 0.6) is 0 Å². The van der Waals surface area contributed by atoms with Crippen molar-refractivity contribution >= 4 is 17.6 Å². The normalized spacial score (nSPS) is 19.1. The number of halogens is 1. The molecule has 7 nitrogen and oxygen atoms in total. The van der Waals surface area contributed by atoms with Crippen LogP contribution in [0.3, 0.4) is 0 Å². The lowest BCUT2D eigenvalue weighted by Gasteiger charge is -2.40. The first-order valence-electron chi connectivity index (χ1n) is 10.5. The average molecular weight is 414 g/mol. The Balaban J connectivity index is 1.35. The van der Waals surface area contributed by atoms with Gasteiger partial charge in [-0.3, -0.25) is 14.5 Å². The van der Waals surface area contributed by atoms with Crippen LogP contribution in [0.15, 0.2) is 34.9 Å². The zero-order valence-corrected chi connectivity index (χ0v) is 17.2. The molecule has 160 valence electrons. The lowest BCUT2D eigenvalue weighted by molar-refractivity contribution is -0.139. The minimum absolute atomic E-state index is 0.133. The number of aryl methyl sites for hydroxylation is 1. The Labute approximate surface area is 175 Å². The molecule has 1 saturated carbocycles. The number of hydrogen-bond acceptors (Lipinski definition) is 5. The SMILES string of the molecule is Cc1cc(NC(=O)CN2CCN(C(=O)C3(c4ccc(F)cc4)CCCC3)CC2)no1. The van der Waals surface area contributed by atoms with Crippen LogP contribution in [-0.2, 0) is 15.0 Å². The Kier molecular flexibility index (Phi) is 5.85. The van der Waals surface area contributed by atoms with Crippen molar-refractivity contribution in [3.63, 3.8) is 0 Å². The molecule has 2 amide bonds. The van der Waals surface area contributed by atoms with Crippen LogP contribution in [0.25, 0.3) is 0 Å². The Morgan fingerprint density at radius 3 is 2.40 bits per heavy atom. The van der Waals surface area contributed by atoms with Crippen molar-refractivity contribution in [3.05, 3.63) is 47.5 Å². The van der Waals surface area contributed by atoms with Gasteiger partial charge in [0.15, 0.2) is 5.82 Å². The zero-order chi connectivity index (χ0) is 21.1. The minimum atomic E-state index is -0.544. The quantitative estimate of drug-likeness (QED) is 0.814. The predicted molar refractivity (Wildman–Crippen MR) is 109 cm³/mol. The second-order valence-corrected chi connectivity index (χ2v) is 8.24. The second-order valence-electron chi connectivity index (χ2n) is 8.24. The summed E-state index contributed by atoms with van der Waals surface area (Å²) in [7, 11) is 0. The second kappa shape index (κ2) is 8.55. The monoisotopic (exact) mass is 414 g/mol. The molecular formula is C22H27FN4O3. The topological polar surface area (TPSA) is 78.7 Å². The van der Waals surface area contributed by atoms with E-state index in [4.69, 9.17) is 4.52 Å². The smallest absolute Gasteiger partial charge is 0.239 e. The lowest BCUT2D eigenvalue weighted by atomic mass is 9.77. The molecule has 0 radical (unpaired) electrons. The van der Waals surface area contributed by atoms with E-state index >= 15 is 0 Å². The molecule has 2 aliphatic rings. The number of carbonyl (C=O) groups is 2. The first kappa shape index (κ1) is 20.5. The molecule has 0 bridgehead atoms. The summed E-state index contributed by atoms with van der Waals surface area (Å²) in [6.07, 6.45) is 3.62. The number of nitrogens with one attached hydrogen (secondary N) is 1. The van der Waals surface area contributed by atoms with Crippen LogP contribution in [-0.4, -0.2) is 59.5 Å². The van der Waals surface area contributed by atoms with Gasteiger partial charge in [0.25, 0.3) is 0 Å². The van der Waals surface area contributed by atoms with Crippen LogP contribution in [0.2, 0.25) is 0 Å². The molecule has 1 aromatic heterocycles. The van der Waals surface area contributed by atoms with E-state index < -0.39 is 5.41 Å². The third-order valence-corrected chi connectivity index (χ3v) is 6.19. The molecule has 2 fully saturated rings. The molecule has 30 heavy (non-hydrogen) atoms. The van der Waals surface area contributed by atoms with Gasteiger partial charge in [0.2, 0.25) is 11.8 Å². The van der Waals surface area contributed by atoms with Crippen LogP contribution in [0.1, 0.15) is 37.0 Å². The first-order valence-corrected chi connectivity index (χ1v) is 10.5. The Morgan fingerprint density at radius 1 is 1.13 bits per heavy atom. The Bertz CT molecular complexity index is 897. The van der Waals surface area contributed by atoms with Gasteiger partial charge in [0.05, 0.1) is 12.0 Å². The number of nitrogens with zero attached hydrogens (tertiary/aromatic N) is 3. The summed E-state index contributed by atoms with van der Waals surface area (Å²) < 4.78 is 18.4. The summed E-state index contributed by atoms with van der Waals surface area (Å²) in [6, 6.07) is 8.06. The minimum Gasteiger partial charge on any atom is -0.360 e. The highest BCUT2D eigenvalue weighted by Gasteiger charge is 2.45. The molecule has 1 aliphatic carbocycles. The highest BCUT2D eigenvalue weighted by Crippen LogP contribution is 2.42. The maximum Gasteiger partial charge on any atom is 0.239 e. The number of hydrogen-bond donors (Lipinski definition) is 1. The molecular weight excluding hydrogens is 387 g/mol. The van der Waals surface area contributed by atoms with Crippen molar-refractivity contribution in [2.45, 2.75) is 38.0 Å². The largest absolute Gasteiger partial charge is 0.360 e. The van der Waals surface area contributed by atoms with Crippen LogP contribution < -0.4 is 5.32 Å². The van der Waals surface area contributed by atoms with Gasteiger partial charge >= 0.3 is 0 Å². The molecule has 1 aliphatic heterocycles. The van der Waals surface area contributed by atoms with E-state index in [0.717, 1.165) is 31.2 Å². The summed E-state index contributed by atoms with van der Waals surface area (Å²) in [5, 5.41) is 6.49. The summed E-state index contributed by atoms with van der Waals surface area (Å²) in [4.78, 5) is 29.7. The van der Waals surface area contributed by atoms with Gasteiger partial charge in [-0.05, 0) is 37.5 Å². The lowest BCUT2D eigenvalue weighted by Crippen LogP contribution is -2.54. The molecule has 2 aromatic rings. The zero-order valence-electron chi connectivity index (χ0n) is 17.2. The van der Waals surface area contributed by atoms with E-state index in [1.54, 1.807) is 25.1 Å². The molecule has 2 heterocycles. The fraction of sp³-hybridized carbons (Fsp3) is 0.500. The number of aromatic nitrogens is 1. The van der Waals surface area contributed by atoms with Crippen molar-refractivity contribution < 1.29 is 18.5 Å². The molecule has 0 unspecified atom stereocenters. The maximum absolute atomic E-state index is 13.5. The maximum atomic E-state index is 13.5.